The van der Waals surface area contributed by atoms with Crippen molar-refractivity contribution >= 4 is 40.7 Å². The fourth-order valence-corrected chi connectivity index (χ4v) is 1.55. The number of pyridine rings is 1. The molecular weight excluding hydrogens is 251 g/mol. The minimum Gasteiger partial charge on any atom is -0.369 e. The Balaban J connectivity index is 2.90. The first-order chi connectivity index (χ1) is 7.54. The molecule has 5 nitrogen and oxygen atoms in total. The van der Waals surface area contributed by atoms with Crippen molar-refractivity contribution in [1.82, 2.24) is 4.98 Å². The van der Waals surface area contributed by atoms with Crippen LogP contribution in [0.3, 0.4) is 0 Å². The van der Waals surface area contributed by atoms with Crippen molar-refractivity contribution in [3.8, 4) is 0 Å². The summed E-state index contributed by atoms with van der Waals surface area (Å²) in [7, 11) is 0. The molecule has 0 spiro atoms. The zero-order valence-electron chi connectivity index (χ0n) is 8.68. The van der Waals surface area contributed by atoms with E-state index < -0.39 is 5.91 Å². The van der Waals surface area contributed by atoms with Crippen molar-refractivity contribution in [3.63, 3.8) is 0 Å². The van der Waals surface area contributed by atoms with Crippen LogP contribution >= 0.6 is 23.2 Å². The molecule has 0 atom stereocenters. The Kier molecular flexibility index (Phi) is 4.64. The quantitative estimate of drug-likeness (QED) is 0.755. The number of rotatable bonds is 5. The maximum atomic E-state index is 10.6. The molecule has 7 heteroatoms. The highest BCUT2D eigenvalue weighted by Crippen LogP contribution is 2.28. The second kappa shape index (κ2) is 5.77. The third kappa shape index (κ3) is 3.43. The van der Waals surface area contributed by atoms with Gasteiger partial charge in [0.2, 0.25) is 5.91 Å². The van der Waals surface area contributed by atoms with E-state index in [2.05, 4.69) is 15.6 Å². The number of hydrogen-bond acceptors (Lipinski definition) is 4. The van der Waals surface area contributed by atoms with Gasteiger partial charge in [-0.1, -0.05) is 23.2 Å². The van der Waals surface area contributed by atoms with Crippen LogP contribution in [-0.4, -0.2) is 24.0 Å². The summed E-state index contributed by atoms with van der Waals surface area (Å²) < 4.78 is 0. The van der Waals surface area contributed by atoms with Crippen LogP contribution in [0.1, 0.15) is 6.92 Å². The summed E-state index contributed by atoms with van der Waals surface area (Å²) in [5, 5.41) is 6.46. The average Bonchev–Trinajstić information content (AvgIpc) is 2.20. The number of amides is 1. The molecule has 0 aromatic carbocycles. The van der Waals surface area contributed by atoms with E-state index in [1.807, 2.05) is 6.92 Å². The molecular formula is C9H12Cl2N4O. The molecule has 0 saturated heterocycles. The summed E-state index contributed by atoms with van der Waals surface area (Å²) in [4.78, 5) is 14.7. The van der Waals surface area contributed by atoms with Crippen LogP contribution < -0.4 is 16.4 Å². The van der Waals surface area contributed by atoms with E-state index in [0.717, 1.165) is 0 Å². The van der Waals surface area contributed by atoms with Crippen molar-refractivity contribution in [3.05, 3.63) is 16.1 Å². The number of carbonyl (C=O) groups is 1. The summed E-state index contributed by atoms with van der Waals surface area (Å²) in [5.41, 5.74) is 5.00. The van der Waals surface area contributed by atoms with Gasteiger partial charge < -0.3 is 16.4 Å². The number of halogens is 2. The first kappa shape index (κ1) is 12.9. The number of primary amides is 1. The molecule has 1 amide bonds. The lowest BCUT2D eigenvalue weighted by molar-refractivity contribution is -0.116. The van der Waals surface area contributed by atoms with Crippen molar-refractivity contribution in [2.45, 2.75) is 6.92 Å². The van der Waals surface area contributed by atoms with E-state index >= 15 is 0 Å². The van der Waals surface area contributed by atoms with Crippen LogP contribution in [0.2, 0.25) is 10.0 Å². The molecule has 1 rings (SSSR count). The molecule has 1 aromatic heterocycles. The Bertz CT molecular complexity index is 397. The second-order valence-corrected chi connectivity index (χ2v) is 3.81. The van der Waals surface area contributed by atoms with Crippen LogP contribution in [0.4, 0.5) is 11.6 Å². The van der Waals surface area contributed by atoms with Gasteiger partial charge in [0.05, 0.1) is 16.6 Å². The normalized spacial score (nSPS) is 9.94. The lowest BCUT2D eigenvalue weighted by atomic mass is 10.4. The smallest absolute Gasteiger partial charge is 0.236 e. The Hall–Kier alpha value is -1.20. The molecule has 4 N–H and O–H groups in total. The number of carbonyl (C=O) groups excluding carboxylic acids is 1. The van der Waals surface area contributed by atoms with Crippen molar-refractivity contribution < 1.29 is 4.79 Å². The summed E-state index contributed by atoms with van der Waals surface area (Å²) in [6, 6.07) is 1.55. The Morgan fingerprint density at radius 1 is 1.38 bits per heavy atom. The molecule has 0 unspecified atom stereocenters. The molecule has 1 heterocycles. The van der Waals surface area contributed by atoms with E-state index in [9.17, 15) is 4.79 Å². The van der Waals surface area contributed by atoms with E-state index in [-0.39, 0.29) is 6.54 Å². The van der Waals surface area contributed by atoms with E-state index in [4.69, 9.17) is 28.9 Å². The number of hydrogen-bond donors (Lipinski definition) is 3. The lowest BCUT2D eigenvalue weighted by Gasteiger charge is -2.10. The average molecular weight is 263 g/mol. The minimum atomic E-state index is -0.488. The molecule has 0 aliphatic rings. The predicted molar refractivity (Wildman–Crippen MR) is 66.1 cm³/mol. The molecule has 0 radical (unpaired) electrons. The van der Waals surface area contributed by atoms with Crippen molar-refractivity contribution in [1.29, 1.82) is 0 Å². The SMILES string of the molecule is CCNc1nc(NCC(N)=O)c(Cl)cc1Cl. The van der Waals surface area contributed by atoms with Gasteiger partial charge in [0, 0.05) is 6.54 Å². The Morgan fingerprint density at radius 3 is 2.44 bits per heavy atom. The lowest BCUT2D eigenvalue weighted by Crippen LogP contribution is -2.22. The van der Waals surface area contributed by atoms with Crippen molar-refractivity contribution in [2.24, 2.45) is 5.73 Å². The minimum absolute atomic E-state index is 0.0279. The fourth-order valence-electron chi connectivity index (χ4n) is 1.05. The monoisotopic (exact) mass is 262 g/mol. The maximum Gasteiger partial charge on any atom is 0.236 e. The summed E-state index contributed by atoms with van der Waals surface area (Å²) >= 11 is 11.8. The van der Waals surface area contributed by atoms with Gasteiger partial charge in [0.15, 0.2) is 0 Å². The molecule has 0 saturated carbocycles. The topological polar surface area (TPSA) is 80.0 Å². The third-order valence-corrected chi connectivity index (χ3v) is 2.28. The summed E-state index contributed by atoms with van der Waals surface area (Å²) in [6.07, 6.45) is 0. The van der Waals surface area contributed by atoms with Crippen LogP contribution in [0.15, 0.2) is 6.07 Å². The number of aromatic nitrogens is 1. The van der Waals surface area contributed by atoms with E-state index in [0.29, 0.717) is 28.2 Å². The summed E-state index contributed by atoms with van der Waals surface area (Å²) in [6.45, 7) is 2.58. The number of nitrogens with zero attached hydrogens (tertiary/aromatic N) is 1. The zero-order valence-corrected chi connectivity index (χ0v) is 10.2. The van der Waals surface area contributed by atoms with Crippen LogP contribution in [0.25, 0.3) is 0 Å². The number of nitrogens with two attached hydrogens (primary N) is 1. The van der Waals surface area contributed by atoms with Gasteiger partial charge >= 0.3 is 0 Å². The molecule has 0 fully saturated rings. The van der Waals surface area contributed by atoms with Crippen LogP contribution in [0, 0.1) is 0 Å². The maximum absolute atomic E-state index is 10.6. The molecule has 88 valence electrons. The van der Waals surface area contributed by atoms with Gasteiger partial charge in [-0.25, -0.2) is 4.98 Å². The molecule has 0 bridgehead atoms. The van der Waals surface area contributed by atoms with Gasteiger partial charge in [-0.2, -0.15) is 0 Å². The standard InChI is InChI=1S/C9H12Cl2N4O/c1-2-13-8-5(10)3-6(11)9(15-8)14-4-7(12)16/h3H,2,4H2,1H3,(H2,12,16)(H2,13,14,15). The van der Waals surface area contributed by atoms with E-state index in [1.54, 1.807) is 6.07 Å². The first-order valence-corrected chi connectivity index (χ1v) is 5.42. The Morgan fingerprint density at radius 2 is 1.94 bits per heavy atom. The van der Waals surface area contributed by atoms with Gasteiger partial charge in [-0.15, -0.1) is 0 Å². The molecule has 0 aliphatic carbocycles. The third-order valence-electron chi connectivity index (χ3n) is 1.70. The predicted octanol–water partition coefficient (Wildman–Crippen LogP) is 1.72. The zero-order chi connectivity index (χ0) is 12.1. The molecule has 16 heavy (non-hydrogen) atoms. The van der Waals surface area contributed by atoms with Crippen molar-refractivity contribution in [2.75, 3.05) is 23.7 Å². The largest absolute Gasteiger partial charge is 0.369 e. The highest BCUT2D eigenvalue weighted by atomic mass is 35.5. The van der Waals surface area contributed by atoms with Crippen LogP contribution in [0.5, 0.6) is 0 Å². The summed E-state index contributed by atoms with van der Waals surface area (Å²) in [5.74, 6) is 0.402. The second-order valence-electron chi connectivity index (χ2n) is 3.00. The van der Waals surface area contributed by atoms with Gasteiger partial charge in [0.1, 0.15) is 11.6 Å². The van der Waals surface area contributed by atoms with E-state index in [1.165, 1.54) is 0 Å². The number of nitrogens with one attached hydrogen (secondary N) is 2. The van der Waals surface area contributed by atoms with Gasteiger partial charge in [0.25, 0.3) is 0 Å². The first-order valence-electron chi connectivity index (χ1n) is 4.66. The van der Waals surface area contributed by atoms with Gasteiger partial charge in [-0.05, 0) is 13.0 Å². The molecule has 0 aliphatic heterocycles. The Labute approximate surface area is 103 Å². The highest BCUT2D eigenvalue weighted by molar-refractivity contribution is 6.37. The molecule has 1 aromatic rings. The van der Waals surface area contributed by atoms with Gasteiger partial charge in [-0.3, -0.25) is 4.79 Å². The fraction of sp³-hybridized carbons (Fsp3) is 0.333. The highest BCUT2D eigenvalue weighted by Gasteiger charge is 2.08. The number of anilines is 2. The van der Waals surface area contributed by atoms with Crippen LogP contribution in [-0.2, 0) is 4.79 Å².